The number of carbonyl (C=O) groups excluding carboxylic acids is 1. The first-order valence-electron chi connectivity index (χ1n) is 6.40. The Labute approximate surface area is 112 Å². The molecule has 1 aromatic carbocycles. The van der Waals surface area contributed by atoms with Crippen LogP contribution < -0.4 is 5.32 Å². The Morgan fingerprint density at radius 2 is 1.84 bits per heavy atom. The van der Waals surface area contributed by atoms with Crippen molar-refractivity contribution in [2.75, 3.05) is 11.9 Å². The van der Waals surface area contributed by atoms with Gasteiger partial charge in [0, 0.05) is 5.69 Å². The second-order valence-corrected chi connectivity index (χ2v) is 4.20. The zero-order chi connectivity index (χ0) is 14.1. The topological polar surface area (TPSA) is 75.6 Å². The van der Waals surface area contributed by atoms with Crippen molar-refractivity contribution in [1.82, 2.24) is 0 Å². The van der Waals surface area contributed by atoms with Gasteiger partial charge in [-0.05, 0) is 30.7 Å². The summed E-state index contributed by atoms with van der Waals surface area (Å²) < 4.78 is 5.00. The average Bonchev–Trinajstić information content (AvgIpc) is 2.39. The van der Waals surface area contributed by atoms with Gasteiger partial charge >= 0.3 is 12.1 Å². The Morgan fingerprint density at radius 1 is 1.16 bits per heavy atom. The molecule has 0 unspecified atom stereocenters. The summed E-state index contributed by atoms with van der Waals surface area (Å²) in [7, 11) is 0. The molecule has 0 aliphatic rings. The summed E-state index contributed by atoms with van der Waals surface area (Å²) in [6.07, 6.45) is 3.68. The number of aromatic carboxylic acids is 1. The Bertz CT molecular complexity index is 414. The molecule has 0 aliphatic carbocycles. The quantitative estimate of drug-likeness (QED) is 0.740. The van der Waals surface area contributed by atoms with E-state index < -0.39 is 12.1 Å². The number of hydrogen-bond donors (Lipinski definition) is 2. The number of unbranched alkanes of at least 4 members (excludes halogenated alkanes) is 3. The van der Waals surface area contributed by atoms with E-state index in [2.05, 4.69) is 12.2 Å². The summed E-state index contributed by atoms with van der Waals surface area (Å²) in [4.78, 5) is 22.1. The van der Waals surface area contributed by atoms with Crippen LogP contribution in [0.2, 0.25) is 0 Å². The summed E-state index contributed by atoms with van der Waals surface area (Å²) in [5, 5.41) is 11.3. The van der Waals surface area contributed by atoms with Gasteiger partial charge < -0.3 is 9.84 Å². The van der Waals surface area contributed by atoms with Crippen molar-refractivity contribution in [2.24, 2.45) is 0 Å². The minimum Gasteiger partial charge on any atom is -0.478 e. The van der Waals surface area contributed by atoms with Crippen LogP contribution in [0.1, 0.15) is 43.0 Å². The van der Waals surface area contributed by atoms with E-state index in [1.165, 1.54) is 24.3 Å². The van der Waals surface area contributed by atoms with E-state index in [0.29, 0.717) is 12.3 Å². The van der Waals surface area contributed by atoms with E-state index >= 15 is 0 Å². The van der Waals surface area contributed by atoms with E-state index in [4.69, 9.17) is 9.84 Å². The lowest BCUT2D eigenvalue weighted by molar-refractivity contribution is 0.0697. The Morgan fingerprint density at radius 3 is 2.42 bits per heavy atom. The second-order valence-electron chi connectivity index (χ2n) is 4.20. The minimum atomic E-state index is -0.995. The van der Waals surface area contributed by atoms with E-state index in [1.54, 1.807) is 0 Å². The fraction of sp³-hybridized carbons (Fsp3) is 0.429. The summed E-state index contributed by atoms with van der Waals surface area (Å²) >= 11 is 0. The van der Waals surface area contributed by atoms with Crippen LogP contribution in [-0.2, 0) is 4.74 Å². The van der Waals surface area contributed by atoms with Gasteiger partial charge in [0.1, 0.15) is 0 Å². The zero-order valence-electron chi connectivity index (χ0n) is 11.0. The fourth-order valence-corrected chi connectivity index (χ4v) is 1.54. The number of rotatable bonds is 7. The molecule has 0 heterocycles. The van der Waals surface area contributed by atoms with Gasteiger partial charge in [0.2, 0.25) is 0 Å². The van der Waals surface area contributed by atoms with E-state index in [-0.39, 0.29) is 5.56 Å². The van der Waals surface area contributed by atoms with E-state index in [9.17, 15) is 9.59 Å². The molecule has 5 heteroatoms. The lowest BCUT2D eigenvalue weighted by Crippen LogP contribution is -2.14. The van der Waals surface area contributed by atoms with Gasteiger partial charge in [-0.15, -0.1) is 0 Å². The number of hydrogen-bond acceptors (Lipinski definition) is 3. The van der Waals surface area contributed by atoms with Crippen molar-refractivity contribution in [3.05, 3.63) is 29.8 Å². The standard InChI is InChI=1S/C14H19NO4/c1-2-3-4-5-10-19-14(18)15-12-8-6-11(7-9-12)13(16)17/h6-9H,2-5,10H2,1H3,(H,15,18)(H,16,17). The third-order valence-corrected chi connectivity index (χ3v) is 2.61. The highest BCUT2D eigenvalue weighted by Gasteiger charge is 2.05. The highest BCUT2D eigenvalue weighted by atomic mass is 16.5. The van der Waals surface area contributed by atoms with Crippen LogP contribution in [0.15, 0.2) is 24.3 Å². The Balaban J connectivity index is 2.30. The van der Waals surface area contributed by atoms with Gasteiger partial charge in [-0.25, -0.2) is 9.59 Å². The molecule has 0 bridgehead atoms. The van der Waals surface area contributed by atoms with Crippen molar-refractivity contribution >= 4 is 17.7 Å². The van der Waals surface area contributed by atoms with Crippen molar-refractivity contribution in [2.45, 2.75) is 32.6 Å². The molecule has 0 aromatic heterocycles. The number of ether oxygens (including phenoxy) is 1. The SMILES string of the molecule is CCCCCCOC(=O)Nc1ccc(C(=O)O)cc1. The van der Waals surface area contributed by atoms with Gasteiger partial charge in [0.25, 0.3) is 0 Å². The number of nitrogens with one attached hydrogen (secondary N) is 1. The molecule has 0 spiro atoms. The van der Waals surface area contributed by atoms with Crippen LogP contribution in [0.25, 0.3) is 0 Å². The zero-order valence-corrected chi connectivity index (χ0v) is 11.0. The molecule has 0 aliphatic heterocycles. The lowest BCUT2D eigenvalue weighted by atomic mass is 10.2. The molecule has 19 heavy (non-hydrogen) atoms. The van der Waals surface area contributed by atoms with Crippen molar-refractivity contribution in [3.63, 3.8) is 0 Å². The van der Waals surface area contributed by atoms with Crippen LogP contribution in [-0.4, -0.2) is 23.8 Å². The van der Waals surface area contributed by atoms with Gasteiger partial charge in [-0.1, -0.05) is 26.2 Å². The number of carboxylic acids is 1. The summed E-state index contributed by atoms with van der Waals surface area (Å²) in [6, 6.07) is 5.92. The predicted molar refractivity (Wildman–Crippen MR) is 72.5 cm³/mol. The number of amides is 1. The maximum atomic E-state index is 11.4. The summed E-state index contributed by atoms with van der Waals surface area (Å²) in [6.45, 7) is 2.52. The second kappa shape index (κ2) is 8.13. The van der Waals surface area contributed by atoms with Gasteiger partial charge in [0.15, 0.2) is 0 Å². The van der Waals surface area contributed by atoms with Crippen LogP contribution in [0.3, 0.4) is 0 Å². The number of carbonyl (C=O) groups is 2. The van der Waals surface area contributed by atoms with E-state index in [1.807, 2.05) is 0 Å². The van der Waals surface area contributed by atoms with Crippen molar-refractivity contribution < 1.29 is 19.4 Å². The van der Waals surface area contributed by atoms with Crippen molar-refractivity contribution in [3.8, 4) is 0 Å². The molecule has 2 N–H and O–H groups in total. The van der Waals surface area contributed by atoms with Crippen LogP contribution in [0.5, 0.6) is 0 Å². The highest BCUT2D eigenvalue weighted by Crippen LogP contribution is 2.10. The van der Waals surface area contributed by atoms with Crippen LogP contribution >= 0.6 is 0 Å². The summed E-state index contributed by atoms with van der Waals surface area (Å²) in [5.41, 5.74) is 0.696. The minimum absolute atomic E-state index is 0.179. The first-order chi connectivity index (χ1) is 9.13. The molecule has 0 atom stereocenters. The van der Waals surface area contributed by atoms with E-state index in [0.717, 1.165) is 25.7 Å². The molecule has 1 rings (SSSR count). The third kappa shape index (κ3) is 5.90. The molecule has 0 saturated heterocycles. The van der Waals surface area contributed by atoms with Crippen LogP contribution in [0, 0.1) is 0 Å². The van der Waals surface area contributed by atoms with Gasteiger partial charge in [0.05, 0.1) is 12.2 Å². The predicted octanol–water partition coefficient (Wildman–Crippen LogP) is 3.51. The average molecular weight is 265 g/mol. The lowest BCUT2D eigenvalue weighted by Gasteiger charge is -2.07. The fourth-order valence-electron chi connectivity index (χ4n) is 1.54. The molecule has 0 radical (unpaired) electrons. The first-order valence-corrected chi connectivity index (χ1v) is 6.40. The number of benzene rings is 1. The molecule has 1 aromatic rings. The third-order valence-electron chi connectivity index (χ3n) is 2.61. The molecule has 1 amide bonds. The van der Waals surface area contributed by atoms with Crippen molar-refractivity contribution in [1.29, 1.82) is 0 Å². The number of carboxylic acid groups (broad SMARTS) is 1. The van der Waals surface area contributed by atoms with Gasteiger partial charge in [-0.3, -0.25) is 5.32 Å². The molecular formula is C14H19NO4. The Kier molecular flexibility index (Phi) is 6.43. The maximum Gasteiger partial charge on any atom is 0.411 e. The van der Waals surface area contributed by atoms with Crippen LogP contribution in [0.4, 0.5) is 10.5 Å². The molecule has 0 saturated carbocycles. The smallest absolute Gasteiger partial charge is 0.411 e. The monoisotopic (exact) mass is 265 g/mol. The molecule has 104 valence electrons. The van der Waals surface area contributed by atoms with Gasteiger partial charge in [-0.2, -0.15) is 0 Å². The molecular weight excluding hydrogens is 246 g/mol. The maximum absolute atomic E-state index is 11.4. The largest absolute Gasteiger partial charge is 0.478 e. The number of anilines is 1. The normalized spacial score (nSPS) is 9.95. The first kappa shape index (κ1) is 15.0. The Hall–Kier alpha value is -2.04. The summed E-state index contributed by atoms with van der Waals surface area (Å²) in [5.74, 6) is -0.995. The highest BCUT2D eigenvalue weighted by molar-refractivity contribution is 5.89. The molecule has 0 fully saturated rings. The molecule has 5 nitrogen and oxygen atoms in total.